The average molecular weight is 288 g/mol. The molecule has 0 saturated carbocycles. The van der Waals surface area contributed by atoms with Gasteiger partial charge in [-0.2, -0.15) is 0 Å². The number of hydrogen-bond acceptors (Lipinski definition) is 3. The Hall–Kier alpha value is -2.34. The van der Waals surface area contributed by atoms with Gasteiger partial charge in [-0.1, -0.05) is 6.07 Å². The molecule has 1 saturated heterocycles. The van der Waals surface area contributed by atoms with E-state index in [0.717, 1.165) is 10.9 Å². The summed E-state index contributed by atoms with van der Waals surface area (Å²) in [5, 5.41) is 9.87. The minimum atomic E-state index is -0.915. The van der Waals surface area contributed by atoms with Crippen LogP contribution in [0.1, 0.15) is 16.8 Å². The van der Waals surface area contributed by atoms with Gasteiger partial charge >= 0.3 is 5.97 Å². The molecular formula is C15H16N2O4. The van der Waals surface area contributed by atoms with Gasteiger partial charge in [0.25, 0.3) is 5.91 Å². The van der Waals surface area contributed by atoms with Crippen molar-refractivity contribution in [2.45, 2.75) is 12.5 Å². The number of carbonyl (C=O) groups excluding carboxylic acids is 1. The summed E-state index contributed by atoms with van der Waals surface area (Å²) < 4.78 is 5.38. The zero-order valence-electron chi connectivity index (χ0n) is 11.4. The van der Waals surface area contributed by atoms with Gasteiger partial charge in [0.2, 0.25) is 0 Å². The zero-order chi connectivity index (χ0) is 14.8. The summed E-state index contributed by atoms with van der Waals surface area (Å²) in [5.74, 6) is -1.01. The summed E-state index contributed by atoms with van der Waals surface area (Å²) in [6, 6.07) is 7.45. The second-order valence-corrected chi connectivity index (χ2v) is 5.12. The summed E-state index contributed by atoms with van der Waals surface area (Å²) in [5.41, 5.74) is 1.51. The number of aromatic amines is 1. The smallest absolute Gasteiger partial charge is 0.306 e. The maximum Gasteiger partial charge on any atom is 0.306 e. The third-order valence-electron chi connectivity index (χ3n) is 3.63. The first-order chi connectivity index (χ1) is 10.1. The predicted molar refractivity (Wildman–Crippen MR) is 76.2 cm³/mol. The number of benzene rings is 1. The molecule has 1 aliphatic heterocycles. The number of fused-ring (bicyclic) bond motifs is 1. The lowest BCUT2D eigenvalue weighted by molar-refractivity contribution is -0.141. The average Bonchev–Trinajstić information content (AvgIpc) is 2.93. The minimum Gasteiger partial charge on any atom is -0.481 e. The van der Waals surface area contributed by atoms with E-state index in [1.165, 1.54) is 0 Å². The number of ether oxygens (including phenoxy) is 1. The Bertz CT molecular complexity index is 679. The molecule has 2 N–H and O–H groups in total. The van der Waals surface area contributed by atoms with Gasteiger partial charge in [-0.25, -0.2) is 0 Å². The van der Waals surface area contributed by atoms with Crippen LogP contribution in [0, 0.1) is 0 Å². The number of H-pyrrole nitrogens is 1. The van der Waals surface area contributed by atoms with Crippen LogP contribution >= 0.6 is 0 Å². The second kappa shape index (κ2) is 5.57. The maximum absolute atomic E-state index is 12.5. The Kier molecular flexibility index (Phi) is 3.62. The number of aliphatic carboxylic acids is 1. The first kappa shape index (κ1) is 13.6. The maximum atomic E-state index is 12.5. The van der Waals surface area contributed by atoms with Crippen LogP contribution in [-0.4, -0.2) is 52.7 Å². The third kappa shape index (κ3) is 2.90. The topological polar surface area (TPSA) is 82.6 Å². The molecule has 21 heavy (non-hydrogen) atoms. The molecule has 1 aromatic heterocycles. The van der Waals surface area contributed by atoms with Gasteiger partial charge in [0.05, 0.1) is 19.1 Å². The highest BCUT2D eigenvalue weighted by atomic mass is 16.5. The lowest BCUT2D eigenvalue weighted by Gasteiger charge is -2.32. The molecule has 0 aliphatic carbocycles. The van der Waals surface area contributed by atoms with E-state index in [1.807, 2.05) is 24.4 Å². The summed E-state index contributed by atoms with van der Waals surface area (Å²) in [4.78, 5) is 28.0. The van der Waals surface area contributed by atoms with Crippen molar-refractivity contribution in [3.05, 3.63) is 36.0 Å². The minimum absolute atomic E-state index is 0.0839. The highest BCUT2D eigenvalue weighted by molar-refractivity contribution is 5.98. The molecule has 6 heteroatoms. The number of nitrogens with one attached hydrogen (secondary N) is 1. The van der Waals surface area contributed by atoms with Gasteiger partial charge in [0, 0.05) is 30.4 Å². The molecule has 0 radical (unpaired) electrons. The van der Waals surface area contributed by atoms with E-state index in [1.54, 1.807) is 11.0 Å². The largest absolute Gasteiger partial charge is 0.481 e. The summed E-state index contributed by atoms with van der Waals surface area (Å²) in [6.07, 6.45) is 1.31. The molecule has 1 aromatic carbocycles. The lowest BCUT2D eigenvalue weighted by atomic mass is 10.1. The fourth-order valence-corrected chi connectivity index (χ4v) is 2.59. The van der Waals surface area contributed by atoms with Crippen LogP contribution in [0.5, 0.6) is 0 Å². The Morgan fingerprint density at radius 2 is 2.24 bits per heavy atom. The van der Waals surface area contributed by atoms with Gasteiger partial charge in [0.1, 0.15) is 0 Å². The molecule has 3 rings (SSSR count). The van der Waals surface area contributed by atoms with E-state index in [9.17, 15) is 9.59 Å². The Labute approximate surface area is 121 Å². The number of rotatable bonds is 3. The van der Waals surface area contributed by atoms with Crippen molar-refractivity contribution in [2.75, 3.05) is 19.7 Å². The van der Waals surface area contributed by atoms with E-state index in [-0.39, 0.29) is 12.3 Å². The van der Waals surface area contributed by atoms with Crippen LogP contribution in [0.25, 0.3) is 10.9 Å². The van der Waals surface area contributed by atoms with E-state index >= 15 is 0 Å². The van der Waals surface area contributed by atoms with Crippen molar-refractivity contribution in [1.82, 2.24) is 9.88 Å². The van der Waals surface area contributed by atoms with Crippen molar-refractivity contribution >= 4 is 22.8 Å². The number of carboxylic acid groups (broad SMARTS) is 1. The number of aromatic nitrogens is 1. The van der Waals surface area contributed by atoms with Crippen molar-refractivity contribution in [3.8, 4) is 0 Å². The SMILES string of the molecule is O=C(O)C[C@H]1CN(C(=O)c2ccc3cc[nH]c3c2)CCO1. The summed E-state index contributed by atoms with van der Waals surface area (Å²) >= 11 is 0. The normalized spacial score (nSPS) is 18.9. The fourth-order valence-electron chi connectivity index (χ4n) is 2.59. The quantitative estimate of drug-likeness (QED) is 0.896. The Balaban J connectivity index is 1.75. The van der Waals surface area contributed by atoms with Gasteiger partial charge in [-0.3, -0.25) is 9.59 Å². The number of hydrogen-bond donors (Lipinski definition) is 2. The molecule has 2 aromatic rings. The van der Waals surface area contributed by atoms with Crippen LogP contribution in [0.3, 0.4) is 0 Å². The van der Waals surface area contributed by atoms with Crippen LogP contribution in [0.15, 0.2) is 30.5 Å². The zero-order valence-corrected chi connectivity index (χ0v) is 11.4. The lowest BCUT2D eigenvalue weighted by Crippen LogP contribution is -2.46. The summed E-state index contributed by atoms with van der Waals surface area (Å²) in [7, 11) is 0. The molecule has 1 amide bonds. The number of morpholine rings is 1. The third-order valence-corrected chi connectivity index (χ3v) is 3.63. The van der Waals surface area contributed by atoms with Crippen LogP contribution in [0.2, 0.25) is 0 Å². The van der Waals surface area contributed by atoms with Crippen LogP contribution < -0.4 is 0 Å². The highest BCUT2D eigenvalue weighted by Crippen LogP contribution is 2.17. The number of nitrogens with zero attached hydrogens (tertiary/aromatic N) is 1. The van der Waals surface area contributed by atoms with Crippen molar-refractivity contribution in [3.63, 3.8) is 0 Å². The first-order valence-electron chi connectivity index (χ1n) is 6.83. The van der Waals surface area contributed by atoms with Crippen LogP contribution in [-0.2, 0) is 9.53 Å². The standard InChI is InChI=1S/C15H16N2O4/c18-14(19)8-12-9-17(5-6-21-12)15(20)11-2-1-10-3-4-16-13(10)7-11/h1-4,7,12,16H,5-6,8-9H2,(H,18,19)/t12-/m0/s1. The van der Waals surface area contributed by atoms with E-state index in [4.69, 9.17) is 9.84 Å². The highest BCUT2D eigenvalue weighted by Gasteiger charge is 2.26. The van der Waals surface area contributed by atoms with Crippen molar-refractivity contribution in [2.24, 2.45) is 0 Å². The van der Waals surface area contributed by atoms with Gasteiger partial charge in [0.15, 0.2) is 0 Å². The van der Waals surface area contributed by atoms with Crippen molar-refractivity contribution in [1.29, 1.82) is 0 Å². The van der Waals surface area contributed by atoms with Gasteiger partial charge in [-0.15, -0.1) is 0 Å². The first-order valence-corrected chi connectivity index (χ1v) is 6.83. The second-order valence-electron chi connectivity index (χ2n) is 5.12. The number of amides is 1. The van der Waals surface area contributed by atoms with Crippen LogP contribution in [0.4, 0.5) is 0 Å². The molecule has 0 bridgehead atoms. The molecule has 0 spiro atoms. The molecule has 6 nitrogen and oxygen atoms in total. The number of carbonyl (C=O) groups is 2. The van der Waals surface area contributed by atoms with Gasteiger partial charge < -0.3 is 19.7 Å². The number of carboxylic acids is 1. The molecule has 2 heterocycles. The predicted octanol–water partition coefficient (Wildman–Crippen LogP) is 1.48. The van der Waals surface area contributed by atoms with E-state index < -0.39 is 12.1 Å². The Morgan fingerprint density at radius 1 is 1.38 bits per heavy atom. The molecule has 1 aliphatic rings. The van der Waals surface area contributed by atoms with Crippen molar-refractivity contribution < 1.29 is 19.4 Å². The Morgan fingerprint density at radius 3 is 3.05 bits per heavy atom. The molecule has 1 atom stereocenters. The van der Waals surface area contributed by atoms with Gasteiger partial charge in [-0.05, 0) is 23.6 Å². The molecule has 110 valence electrons. The van der Waals surface area contributed by atoms with E-state index in [0.29, 0.717) is 25.3 Å². The summed E-state index contributed by atoms with van der Waals surface area (Å²) in [6.45, 7) is 1.17. The molecule has 1 fully saturated rings. The monoisotopic (exact) mass is 288 g/mol. The fraction of sp³-hybridized carbons (Fsp3) is 0.333. The molecular weight excluding hydrogens is 272 g/mol. The molecule has 0 unspecified atom stereocenters. The van der Waals surface area contributed by atoms with E-state index in [2.05, 4.69) is 4.98 Å².